The first kappa shape index (κ1) is 17.3. The lowest BCUT2D eigenvalue weighted by Gasteiger charge is -2.15. The van der Waals surface area contributed by atoms with Gasteiger partial charge < -0.3 is 14.1 Å². The quantitative estimate of drug-likeness (QED) is 0.672. The predicted octanol–water partition coefficient (Wildman–Crippen LogP) is 4.72. The maximum absolute atomic E-state index is 13.1. The van der Waals surface area contributed by atoms with E-state index in [0.717, 1.165) is 17.7 Å². The molecule has 1 aliphatic heterocycles. The molecular weight excluding hydrogens is 345 g/mol. The Labute approximate surface area is 157 Å². The molecular formula is C22H20FNO3. The van der Waals surface area contributed by atoms with Gasteiger partial charge in [-0.05, 0) is 60.5 Å². The molecule has 1 aromatic heterocycles. The van der Waals surface area contributed by atoms with E-state index in [-0.39, 0.29) is 11.7 Å². The third-order valence-corrected chi connectivity index (χ3v) is 5.01. The first-order chi connectivity index (χ1) is 13.1. The van der Waals surface area contributed by atoms with Crippen LogP contribution < -0.4 is 4.74 Å². The number of carbonyl (C=O) groups excluding carboxylic acids is 1. The Morgan fingerprint density at radius 2 is 1.81 bits per heavy atom. The summed E-state index contributed by atoms with van der Waals surface area (Å²) in [6.07, 6.45) is 0.920. The van der Waals surface area contributed by atoms with Crippen molar-refractivity contribution >= 4 is 5.91 Å². The van der Waals surface area contributed by atoms with Crippen molar-refractivity contribution in [3.63, 3.8) is 0 Å². The van der Waals surface area contributed by atoms with E-state index in [2.05, 4.69) is 12.1 Å². The van der Waals surface area contributed by atoms with Crippen molar-refractivity contribution in [3.05, 3.63) is 77.8 Å². The summed E-state index contributed by atoms with van der Waals surface area (Å²) in [4.78, 5) is 14.6. The normalized spacial score (nSPS) is 16.5. The van der Waals surface area contributed by atoms with Crippen LogP contribution in [-0.4, -0.2) is 31.0 Å². The Hall–Kier alpha value is -3.08. The topological polar surface area (TPSA) is 42.7 Å². The van der Waals surface area contributed by atoms with Crippen LogP contribution >= 0.6 is 0 Å². The lowest BCUT2D eigenvalue weighted by atomic mass is 9.98. The zero-order valence-electron chi connectivity index (χ0n) is 15.0. The van der Waals surface area contributed by atoms with Crippen molar-refractivity contribution in [2.45, 2.75) is 12.3 Å². The van der Waals surface area contributed by atoms with Crippen LogP contribution in [0.15, 0.2) is 65.1 Å². The average Bonchev–Trinajstić information content (AvgIpc) is 3.38. The molecule has 4 nitrogen and oxygen atoms in total. The summed E-state index contributed by atoms with van der Waals surface area (Å²) >= 11 is 0. The van der Waals surface area contributed by atoms with Gasteiger partial charge in [-0.25, -0.2) is 4.39 Å². The highest BCUT2D eigenvalue weighted by molar-refractivity contribution is 5.92. The molecule has 1 fully saturated rings. The van der Waals surface area contributed by atoms with Gasteiger partial charge in [0.25, 0.3) is 5.91 Å². The zero-order chi connectivity index (χ0) is 18.8. The van der Waals surface area contributed by atoms with Gasteiger partial charge >= 0.3 is 0 Å². The van der Waals surface area contributed by atoms with Crippen molar-refractivity contribution in [3.8, 4) is 17.1 Å². The number of benzene rings is 2. The number of amides is 1. The monoisotopic (exact) mass is 365 g/mol. The fourth-order valence-corrected chi connectivity index (χ4v) is 3.47. The van der Waals surface area contributed by atoms with Crippen molar-refractivity contribution in [2.24, 2.45) is 0 Å². The molecule has 2 heterocycles. The molecule has 27 heavy (non-hydrogen) atoms. The summed E-state index contributed by atoms with van der Waals surface area (Å²) in [6, 6.07) is 17.4. The molecule has 4 rings (SSSR count). The van der Waals surface area contributed by atoms with Crippen molar-refractivity contribution < 1.29 is 18.3 Å². The molecule has 0 spiro atoms. The first-order valence-electron chi connectivity index (χ1n) is 8.93. The molecule has 1 saturated heterocycles. The van der Waals surface area contributed by atoms with Crippen LogP contribution in [0.5, 0.6) is 5.75 Å². The minimum atomic E-state index is -0.303. The van der Waals surface area contributed by atoms with E-state index >= 15 is 0 Å². The van der Waals surface area contributed by atoms with E-state index in [1.807, 2.05) is 17.0 Å². The Bertz CT molecular complexity index is 931. The Kier molecular flexibility index (Phi) is 4.67. The van der Waals surface area contributed by atoms with Gasteiger partial charge in [-0.15, -0.1) is 0 Å². The number of methoxy groups -OCH3 is 1. The van der Waals surface area contributed by atoms with Gasteiger partial charge in [0.05, 0.1) is 7.11 Å². The molecule has 138 valence electrons. The smallest absolute Gasteiger partial charge is 0.289 e. The summed E-state index contributed by atoms with van der Waals surface area (Å²) in [7, 11) is 1.65. The van der Waals surface area contributed by atoms with Gasteiger partial charge in [-0.1, -0.05) is 12.1 Å². The lowest BCUT2D eigenvalue weighted by molar-refractivity contribution is 0.0760. The SMILES string of the molecule is COc1ccc(C2CCN(C(=O)c3ccc(-c4ccc(F)cc4)o3)C2)cc1. The van der Waals surface area contributed by atoms with Gasteiger partial charge in [0, 0.05) is 24.6 Å². The Morgan fingerprint density at radius 3 is 2.52 bits per heavy atom. The lowest BCUT2D eigenvalue weighted by Crippen LogP contribution is -2.28. The van der Waals surface area contributed by atoms with Crippen LogP contribution in [0.4, 0.5) is 4.39 Å². The summed E-state index contributed by atoms with van der Waals surface area (Å²) in [5, 5.41) is 0. The van der Waals surface area contributed by atoms with E-state index in [9.17, 15) is 9.18 Å². The number of hydrogen-bond acceptors (Lipinski definition) is 3. The number of rotatable bonds is 4. The Morgan fingerprint density at radius 1 is 1.07 bits per heavy atom. The molecule has 3 aromatic rings. The number of halogens is 1. The zero-order valence-corrected chi connectivity index (χ0v) is 15.0. The van der Waals surface area contributed by atoms with Crippen LogP contribution in [0.25, 0.3) is 11.3 Å². The minimum absolute atomic E-state index is 0.112. The van der Waals surface area contributed by atoms with Crippen LogP contribution in [0.1, 0.15) is 28.5 Å². The van der Waals surface area contributed by atoms with Crippen LogP contribution in [0.2, 0.25) is 0 Å². The van der Waals surface area contributed by atoms with Crippen molar-refractivity contribution in [1.29, 1.82) is 0 Å². The Balaban J connectivity index is 1.45. The molecule has 0 N–H and O–H groups in total. The number of ether oxygens (including phenoxy) is 1. The number of furan rings is 1. The molecule has 0 aliphatic carbocycles. The van der Waals surface area contributed by atoms with Gasteiger partial charge in [0.1, 0.15) is 17.3 Å². The van der Waals surface area contributed by atoms with Gasteiger partial charge in [0.15, 0.2) is 5.76 Å². The summed E-state index contributed by atoms with van der Waals surface area (Å²) in [5.74, 6) is 1.59. The van der Waals surface area contributed by atoms with Crippen LogP contribution in [0.3, 0.4) is 0 Å². The van der Waals surface area contributed by atoms with Gasteiger partial charge in [-0.3, -0.25) is 4.79 Å². The molecule has 2 aromatic carbocycles. The third-order valence-electron chi connectivity index (χ3n) is 5.01. The summed E-state index contributed by atoms with van der Waals surface area (Å²) in [6.45, 7) is 1.36. The van der Waals surface area contributed by atoms with E-state index < -0.39 is 0 Å². The fourth-order valence-electron chi connectivity index (χ4n) is 3.47. The van der Waals surface area contributed by atoms with Crippen LogP contribution in [-0.2, 0) is 0 Å². The molecule has 0 bridgehead atoms. The van der Waals surface area contributed by atoms with E-state index in [1.54, 1.807) is 31.4 Å². The van der Waals surface area contributed by atoms with E-state index in [4.69, 9.17) is 9.15 Å². The number of nitrogens with zero attached hydrogens (tertiary/aromatic N) is 1. The number of hydrogen-bond donors (Lipinski definition) is 0. The number of carbonyl (C=O) groups is 1. The van der Waals surface area contributed by atoms with E-state index in [0.29, 0.717) is 30.5 Å². The molecule has 0 radical (unpaired) electrons. The highest BCUT2D eigenvalue weighted by Gasteiger charge is 2.29. The van der Waals surface area contributed by atoms with Crippen molar-refractivity contribution in [2.75, 3.05) is 20.2 Å². The predicted molar refractivity (Wildman–Crippen MR) is 100 cm³/mol. The van der Waals surface area contributed by atoms with Crippen LogP contribution in [0, 0.1) is 5.82 Å². The molecule has 1 unspecified atom stereocenters. The first-order valence-corrected chi connectivity index (χ1v) is 8.93. The van der Waals surface area contributed by atoms with Gasteiger partial charge in [0.2, 0.25) is 0 Å². The highest BCUT2D eigenvalue weighted by atomic mass is 19.1. The second kappa shape index (κ2) is 7.27. The molecule has 0 saturated carbocycles. The van der Waals surface area contributed by atoms with E-state index in [1.165, 1.54) is 17.7 Å². The second-order valence-corrected chi connectivity index (χ2v) is 6.68. The minimum Gasteiger partial charge on any atom is -0.497 e. The molecule has 1 amide bonds. The average molecular weight is 365 g/mol. The number of likely N-dealkylation sites (tertiary alicyclic amines) is 1. The molecule has 1 atom stereocenters. The standard InChI is InChI=1S/C22H20FNO3/c1-26-19-8-4-15(5-9-19)17-12-13-24(14-17)22(25)21-11-10-20(27-21)16-2-6-18(23)7-3-16/h2-11,17H,12-14H2,1H3. The largest absolute Gasteiger partial charge is 0.497 e. The maximum Gasteiger partial charge on any atom is 0.289 e. The highest BCUT2D eigenvalue weighted by Crippen LogP contribution is 2.30. The van der Waals surface area contributed by atoms with Gasteiger partial charge in [-0.2, -0.15) is 0 Å². The summed E-state index contributed by atoms with van der Waals surface area (Å²) < 4.78 is 24.0. The fraction of sp³-hybridized carbons (Fsp3) is 0.227. The third kappa shape index (κ3) is 3.58. The molecule has 1 aliphatic rings. The maximum atomic E-state index is 13.1. The second-order valence-electron chi connectivity index (χ2n) is 6.68. The molecule has 5 heteroatoms. The van der Waals surface area contributed by atoms with Crippen molar-refractivity contribution in [1.82, 2.24) is 4.90 Å². The summed E-state index contributed by atoms with van der Waals surface area (Å²) in [5.41, 5.74) is 1.95.